The fourth-order valence-electron chi connectivity index (χ4n) is 3.53. The molecule has 1 aromatic heterocycles. The highest BCUT2D eigenvalue weighted by atomic mass is 35.5. The van der Waals surface area contributed by atoms with Gasteiger partial charge >= 0.3 is 6.09 Å². The zero-order valence-electron chi connectivity index (χ0n) is 14.3. The summed E-state index contributed by atoms with van der Waals surface area (Å²) < 4.78 is 5.49. The Labute approximate surface area is 152 Å². The van der Waals surface area contributed by atoms with Gasteiger partial charge in [-0.1, -0.05) is 18.5 Å². The number of carbonyl (C=O) groups excluding carboxylic acids is 1. The van der Waals surface area contributed by atoms with Gasteiger partial charge in [-0.25, -0.2) is 9.78 Å². The number of halogens is 2. The van der Waals surface area contributed by atoms with Crippen molar-refractivity contribution in [3.63, 3.8) is 0 Å². The van der Waals surface area contributed by atoms with E-state index >= 15 is 0 Å². The van der Waals surface area contributed by atoms with Gasteiger partial charge in [0, 0.05) is 37.5 Å². The second-order valence-corrected chi connectivity index (χ2v) is 8.65. The number of nitrogens with zero attached hydrogens (tertiary/aromatic N) is 4. The highest BCUT2D eigenvalue weighted by molar-refractivity contribution is 6.33. The standard InChI is InChI=1S/C16H22Cl2N4O2/c1-15(2,3)24-14(23)22-7-10-6-21(8-16(10,4)9-22)12-11(17)5-19-13(18)20-12/h5,10H,6-9H2,1-4H3/t10-,16-/m1/s1. The summed E-state index contributed by atoms with van der Waals surface area (Å²) in [5.41, 5.74) is -0.495. The van der Waals surface area contributed by atoms with E-state index in [2.05, 4.69) is 21.8 Å². The van der Waals surface area contributed by atoms with E-state index in [0.717, 1.165) is 13.1 Å². The monoisotopic (exact) mass is 372 g/mol. The molecule has 0 N–H and O–H groups in total. The summed E-state index contributed by atoms with van der Waals surface area (Å²) in [5, 5.41) is 0.680. The van der Waals surface area contributed by atoms with Crippen LogP contribution >= 0.6 is 23.2 Å². The van der Waals surface area contributed by atoms with Crippen LogP contribution < -0.4 is 4.90 Å². The Morgan fingerprint density at radius 2 is 2.04 bits per heavy atom. The predicted octanol–water partition coefficient (Wildman–Crippen LogP) is 3.48. The Hall–Kier alpha value is -1.27. The molecule has 0 aromatic carbocycles. The lowest BCUT2D eigenvalue weighted by Gasteiger charge is -2.28. The summed E-state index contributed by atoms with van der Waals surface area (Å²) >= 11 is 12.1. The number of rotatable bonds is 1. The second-order valence-electron chi connectivity index (χ2n) is 7.90. The Morgan fingerprint density at radius 3 is 2.67 bits per heavy atom. The van der Waals surface area contributed by atoms with Gasteiger partial charge in [-0.3, -0.25) is 0 Å². The minimum atomic E-state index is -0.479. The average Bonchev–Trinajstić information content (AvgIpc) is 2.91. The van der Waals surface area contributed by atoms with Gasteiger partial charge in [0.1, 0.15) is 10.6 Å². The van der Waals surface area contributed by atoms with Crippen LogP contribution in [0.4, 0.5) is 10.6 Å². The molecule has 132 valence electrons. The quantitative estimate of drug-likeness (QED) is 0.706. The molecule has 2 aliphatic heterocycles. The van der Waals surface area contributed by atoms with Crippen LogP contribution in [0.1, 0.15) is 27.7 Å². The van der Waals surface area contributed by atoms with Crippen LogP contribution in [0.15, 0.2) is 6.20 Å². The van der Waals surface area contributed by atoms with Crippen LogP contribution in [0.25, 0.3) is 0 Å². The minimum Gasteiger partial charge on any atom is -0.444 e. The molecule has 1 aromatic rings. The SMILES string of the molecule is CC(C)(C)OC(=O)N1C[C@H]2CN(c3nc(Cl)ncc3Cl)C[C@]2(C)C1. The van der Waals surface area contributed by atoms with Crippen molar-refractivity contribution in [1.82, 2.24) is 14.9 Å². The van der Waals surface area contributed by atoms with Gasteiger partial charge in [0.2, 0.25) is 5.28 Å². The Kier molecular flexibility index (Phi) is 4.33. The maximum atomic E-state index is 12.3. The first-order valence-corrected chi connectivity index (χ1v) is 8.74. The number of carbonyl (C=O) groups is 1. The molecule has 0 saturated carbocycles. The number of fused-ring (bicyclic) bond motifs is 1. The van der Waals surface area contributed by atoms with E-state index < -0.39 is 5.60 Å². The number of hydrogen-bond donors (Lipinski definition) is 0. The van der Waals surface area contributed by atoms with Crippen LogP contribution in [-0.4, -0.2) is 52.7 Å². The first-order valence-electron chi connectivity index (χ1n) is 7.98. The van der Waals surface area contributed by atoms with Crippen LogP contribution in [-0.2, 0) is 4.74 Å². The maximum absolute atomic E-state index is 12.3. The van der Waals surface area contributed by atoms with Crippen molar-refractivity contribution < 1.29 is 9.53 Å². The first-order chi connectivity index (χ1) is 11.1. The second kappa shape index (κ2) is 5.92. The molecular formula is C16H22Cl2N4O2. The lowest BCUT2D eigenvalue weighted by Crippen LogP contribution is -2.39. The van der Waals surface area contributed by atoms with E-state index in [1.54, 1.807) is 0 Å². The molecule has 0 bridgehead atoms. The number of likely N-dealkylation sites (tertiary alicyclic amines) is 1. The molecule has 2 fully saturated rings. The van der Waals surface area contributed by atoms with E-state index in [1.165, 1.54) is 6.20 Å². The third kappa shape index (κ3) is 3.40. The van der Waals surface area contributed by atoms with Crippen LogP contribution in [0.2, 0.25) is 10.3 Å². The Morgan fingerprint density at radius 1 is 1.33 bits per heavy atom. The van der Waals surface area contributed by atoms with E-state index in [4.69, 9.17) is 27.9 Å². The van der Waals surface area contributed by atoms with E-state index in [0.29, 0.717) is 29.8 Å². The third-order valence-electron chi connectivity index (χ3n) is 4.62. The zero-order chi connectivity index (χ0) is 17.7. The number of ether oxygens (including phenoxy) is 1. The molecule has 8 heteroatoms. The largest absolute Gasteiger partial charge is 0.444 e. The number of amides is 1. The molecule has 0 radical (unpaired) electrons. The van der Waals surface area contributed by atoms with Gasteiger partial charge in [-0.15, -0.1) is 0 Å². The highest BCUT2D eigenvalue weighted by Crippen LogP contribution is 2.44. The lowest BCUT2D eigenvalue weighted by molar-refractivity contribution is 0.0273. The molecule has 0 aliphatic carbocycles. The molecule has 2 atom stereocenters. The Bertz CT molecular complexity index is 664. The molecule has 6 nitrogen and oxygen atoms in total. The summed E-state index contributed by atoms with van der Waals surface area (Å²) in [6, 6.07) is 0. The summed E-state index contributed by atoms with van der Waals surface area (Å²) in [6.45, 7) is 10.7. The van der Waals surface area contributed by atoms with Crippen molar-refractivity contribution in [2.24, 2.45) is 11.3 Å². The summed E-state index contributed by atoms with van der Waals surface area (Å²) in [6.07, 6.45) is 1.28. The van der Waals surface area contributed by atoms with Gasteiger partial charge in [-0.2, -0.15) is 4.98 Å². The predicted molar refractivity (Wildman–Crippen MR) is 93.7 cm³/mol. The molecular weight excluding hydrogens is 351 g/mol. The smallest absolute Gasteiger partial charge is 0.410 e. The molecule has 3 rings (SSSR count). The number of aromatic nitrogens is 2. The van der Waals surface area contributed by atoms with Crippen molar-refractivity contribution in [3.05, 3.63) is 16.5 Å². The summed E-state index contributed by atoms with van der Waals surface area (Å²) in [5.74, 6) is 1.01. The van der Waals surface area contributed by atoms with Gasteiger partial charge in [0.15, 0.2) is 5.82 Å². The van der Waals surface area contributed by atoms with E-state index in [9.17, 15) is 4.79 Å². The molecule has 24 heavy (non-hydrogen) atoms. The van der Waals surface area contributed by atoms with Crippen LogP contribution in [0.5, 0.6) is 0 Å². The van der Waals surface area contributed by atoms with E-state index in [1.807, 2.05) is 25.7 Å². The fraction of sp³-hybridized carbons (Fsp3) is 0.688. The van der Waals surface area contributed by atoms with Crippen LogP contribution in [0, 0.1) is 11.3 Å². The van der Waals surface area contributed by atoms with Gasteiger partial charge in [0.25, 0.3) is 0 Å². The molecule has 2 aliphatic rings. The molecule has 3 heterocycles. The van der Waals surface area contributed by atoms with Crippen molar-refractivity contribution in [2.75, 3.05) is 31.1 Å². The summed E-state index contributed by atoms with van der Waals surface area (Å²) in [4.78, 5) is 24.4. The molecule has 0 unspecified atom stereocenters. The third-order valence-corrected chi connectivity index (χ3v) is 5.07. The number of hydrogen-bond acceptors (Lipinski definition) is 5. The van der Waals surface area contributed by atoms with Gasteiger partial charge in [-0.05, 0) is 32.4 Å². The van der Waals surface area contributed by atoms with Crippen molar-refractivity contribution in [1.29, 1.82) is 0 Å². The molecule has 1 amide bonds. The van der Waals surface area contributed by atoms with Crippen LogP contribution in [0.3, 0.4) is 0 Å². The Balaban J connectivity index is 1.71. The van der Waals surface area contributed by atoms with Gasteiger partial charge in [0.05, 0.1) is 6.20 Å². The van der Waals surface area contributed by atoms with Crippen molar-refractivity contribution >= 4 is 35.1 Å². The normalized spacial score (nSPS) is 26.7. The topological polar surface area (TPSA) is 58.6 Å². The average molecular weight is 373 g/mol. The van der Waals surface area contributed by atoms with Crippen molar-refractivity contribution in [3.8, 4) is 0 Å². The zero-order valence-corrected chi connectivity index (χ0v) is 15.9. The molecule has 2 saturated heterocycles. The maximum Gasteiger partial charge on any atom is 0.410 e. The minimum absolute atomic E-state index is 0.0162. The van der Waals surface area contributed by atoms with E-state index in [-0.39, 0.29) is 16.8 Å². The lowest BCUT2D eigenvalue weighted by atomic mass is 9.83. The highest BCUT2D eigenvalue weighted by Gasteiger charge is 2.51. The first kappa shape index (κ1) is 17.5. The fourth-order valence-corrected chi connectivity index (χ4v) is 3.87. The molecule has 0 spiro atoms. The number of anilines is 1. The van der Waals surface area contributed by atoms with Crippen molar-refractivity contribution in [2.45, 2.75) is 33.3 Å². The summed E-state index contributed by atoms with van der Waals surface area (Å²) in [7, 11) is 0. The van der Waals surface area contributed by atoms with Gasteiger partial charge < -0.3 is 14.5 Å².